The van der Waals surface area contributed by atoms with Crippen LogP contribution in [0, 0.1) is 12.7 Å². The molecule has 0 amide bonds. The van der Waals surface area contributed by atoms with Crippen molar-refractivity contribution in [3.63, 3.8) is 0 Å². The third-order valence-electron chi connectivity index (χ3n) is 5.06. The summed E-state index contributed by atoms with van der Waals surface area (Å²) in [6.45, 7) is 3.82. The Bertz CT molecular complexity index is 987. The van der Waals surface area contributed by atoms with Crippen molar-refractivity contribution in [1.29, 1.82) is 0 Å². The van der Waals surface area contributed by atoms with Crippen molar-refractivity contribution < 1.29 is 4.39 Å². The normalized spacial score (nSPS) is 17.2. The van der Waals surface area contributed by atoms with Crippen molar-refractivity contribution in [1.82, 2.24) is 19.7 Å². The molecule has 0 aliphatic carbocycles. The Kier molecular flexibility index (Phi) is 4.90. The van der Waals surface area contributed by atoms with Gasteiger partial charge in [-0.1, -0.05) is 35.9 Å². The number of rotatable bonds is 4. The van der Waals surface area contributed by atoms with Crippen LogP contribution < -0.4 is 11.0 Å². The third-order valence-corrected chi connectivity index (χ3v) is 5.06. The van der Waals surface area contributed by atoms with Gasteiger partial charge in [-0.15, -0.1) is 0 Å². The van der Waals surface area contributed by atoms with Gasteiger partial charge < -0.3 is 5.32 Å². The molecule has 140 valence electrons. The molecule has 6 heteroatoms. The molecule has 0 bridgehead atoms. The van der Waals surface area contributed by atoms with Gasteiger partial charge in [0.05, 0.1) is 12.2 Å². The number of nitrogens with zero attached hydrogens (tertiary/aromatic N) is 3. The van der Waals surface area contributed by atoms with Gasteiger partial charge in [-0.2, -0.15) is 5.10 Å². The third kappa shape index (κ3) is 3.57. The summed E-state index contributed by atoms with van der Waals surface area (Å²) in [7, 11) is 0. The van der Waals surface area contributed by atoms with Gasteiger partial charge in [0.2, 0.25) is 0 Å². The standard InChI is InChI=1S/C21H23FN4O/c1-15-9-10-19(22)17(12-15)14-25-21(27)26(18-7-3-2-4-8-18)20(24-25)16-6-5-11-23-13-16/h2-4,7-10,12,16,23H,5-6,11,13-14H2,1H3. The van der Waals surface area contributed by atoms with Gasteiger partial charge in [0, 0.05) is 18.0 Å². The molecule has 2 aromatic carbocycles. The predicted molar refractivity (Wildman–Crippen MR) is 103 cm³/mol. The molecule has 5 nitrogen and oxygen atoms in total. The van der Waals surface area contributed by atoms with Crippen LogP contribution in [0.3, 0.4) is 0 Å². The number of hydrogen-bond donors (Lipinski definition) is 1. The lowest BCUT2D eigenvalue weighted by atomic mass is 9.99. The molecular formula is C21H23FN4O. The van der Waals surface area contributed by atoms with Gasteiger partial charge in [-0.25, -0.2) is 18.4 Å². The van der Waals surface area contributed by atoms with E-state index in [1.165, 1.54) is 10.7 Å². The van der Waals surface area contributed by atoms with E-state index in [1.807, 2.05) is 37.3 Å². The van der Waals surface area contributed by atoms with Crippen LogP contribution in [0.5, 0.6) is 0 Å². The number of nitrogens with one attached hydrogen (secondary N) is 1. The molecule has 1 fully saturated rings. The lowest BCUT2D eigenvalue weighted by molar-refractivity contribution is 0.439. The summed E-state index contributed by atoms with van der Waals surface area (Å²) in [6, 6.07) is 14.5. The number of para-hydroxylation sites is 1. The molecule has 2 heterocycles. The monoisotopic (exact) mass is 366 g/mol. The van der Waals surface area contributed by atoms with Gasteiger partial charge in [0.25, 0.3) is 0 Å². The minimum absolute atomic E-state index is 0.124. The van der Waals surface area contributed by atoms with Gasteiger partial charge in [0.1, 0.15) is 11.6 Å². The second-order valence-electron chi connectivity index (χ2n) is 7.11. The van der Waals surface area contributed by atoms with Crippen molar-refractivity contribution in [2.24, 2.45) is 0 Å². The SMILES string of the molecule is Cc1ccc(F)c(Cn2nc(C3CCCNC3)n(-c3ccccc3)c2=O)c1. The highest BCUT2D eigenvalue weighted by Gasteiger charge is 2.25. The zero-order valence-corrected chi connectivity index (χ0v) is 15.4. The molecule has 1 aliphatic heterocycles. The first-order valence-electron chi connectivity index (χ1n) is 9.34. The fraction of sp³-hybridized carbons (Fsp3) is 0.333. The minimum Gasteiger partial charge on any atom is -0.316 e. The molecule has 27 heavy (non-hydrogen) atoms. The first-order chi connectivity index (χ1) is 13.1. The van der Waals surface area contributed by atoms with Crippen molar-refractivity contribution in [2.45, 2.75) is 32.2 Å². The average Bonchev–Trinajstić information content (AvgIpc) is 3.02. The fourth-order valence-electron chi connectivity index (χ4n) is 3.67. The molecular weight excluding hydrogens is 343 g/mol. The Morgan fingerprint density at radius 2 is 2.04 bits per heavy atom. The lowest BCUT2D eigenvalue weighted by Gasteiger charge is -2.22. The van der Waals surface area contributed by atoms with Gasteiger partial charge in [-0.3, -0.25) is 0 Å². The Balaban J connectivity index is 1.80. The van der Waals surface area contributed by atoms with Crippen molar-refractivity contribution in [2.75, 3.05) is 13.1 Å². The molecule has 1 aliphatic rings. The summed E-state index contributed by atoms with van der Waals surface area (Å²) in [5.74, 6) is 0.587. The zero-order chi connectivity index (χ0) is 18.8. The Morgan fingerprint density at radius 1 is 1.22 bits per heavy atom. The van der Waals surface area contributed by atoms with E-state index < -0.39 is 0 Å². The van der Waals surface area contributed by atoms with Crippen LogP contribution in [0.2, 0.25) is 0 Å². The van der Waals surface area contributed by atoms with Crippen LogP contribution in [-0.2, 0) is 6.54 Å². The van der Waals surface area contributed by atoms with Crippen LogP contribution in [-0.4, -0.2) is 27.4 Å². The zero-order valence-electron chi connectivity index (χ0n) is 15.4. The topological polar surface area (TPSA) is 51.9 Å². The summed E-state index contributed by atoms with van der Waals surface area (Å²) < 4.78 is 17.3. The average molecular weight is 366 g/mol. The Hall–Kier alpha value is -2.73. The predicted octanol–water partition coefficient (Wildman–Crippen LogP) is 3.00. The Labute approximate surface area is 157 Å². The quantitative estimate of drug-likeness (QED) is 0.772. The van der Waals surface area contributed by atoms with E-state index in [9.17, 15) is 9.18 Å². The largest absolute Gasteiger partial charge is 0.350 e. The molecule has 0 radical (unpaired) electrons. The van der Waals surface area contributed by atoms with E-state index >= 15 is 0 Å². The van der Waals surface area contributed by atoms with Crippen LogP contribution in [0.25, 0.3) is 5.69 Å². The highest BCUT2D eigenvalue weighted by atomic mass is 19.1. The van der Waals surface area contributed by atoms with E-state index in [0.717, 1.165) is 43.0 Å². The second kappa shape index (κ2) is 7.48. The highest BCUT2D eigenvalue weighted by Crippen LogP contribution is 2.23. The number of piperidine rings is 1. The summed E-state index contributed by atoms with van der Waals surface area (Å²) >= 11 is 0. The van der Waals surface area contributed by atoms with Gasteiger partial charge in [0.15, 0.2) is 0 Å². The molecule has 1 atom stereocenters. The summed E-state index contributed by atoms with van der Waals surface area (Å²) in [5.41, 5.74) is 1.99. The fourth-order valence-corrected chi connectivity index (χ4v) is 3.67. The van der Waals surface area contributed by atoms with Gasteiger partial charge >= 0.3 is 5.69 Å². The van der Waals surface area contributed by atoms with E-state index in [1.54, 1.807) is 16.7 Å². The second-order valence-corrected chi connectivity index (χ2v) is 7.11. The number of benzene rings is 2. The summed E-state index contributed by atoms with van der Waals surface area (Å²) in [6.07, 6.45) is 2.03. The molecule has 0 spiro atoms. The first kappa shape index (κ1) is 17.7. The molecule has 1 unspecified atom stereocenters. The summed E-state index contributed by atoms with van der Waals surface area (Å²) in [4.78, 5) is 13.2. The molecule has 1 saturated heterocycles. The summed E-state index contributed by atoms with van der Waals surface area (Å²) in [5, 5.41) is 8.02. The first-order valence-corrected chi connectivity index (χ1v) is 9.34. The van der Waals surface area contributed by atoms with E-state index in [4.69, 9.17) is 0 Å². The smallest absolute Gasteiger partial charge is 0.316 e. The molecule has 0 saturated carbocycles. The van der Waals surface area contributed by atoms with Crippen LogP contribution in [0.4, 0.5) is 4.39 Å². The van der Waals surface area contributed by atoms with E-state index in [2.05, 4.69) is 10.4 Å². The van der Waals surface area contributed by atoms with Gasteiger partial charge in [-0.05, 0) is 44.5 Å². The maximum atomic E-state index is 14.2. The van der Waals surface area contributed by atoms with Crippen molar-refractivity contribution in [3.05, 3.63) is 81.8 Å². The highest BCUT2D eigenvalue weighted by molar-refractivity contribution is 5.33. The van der Waals surface area contributed by atoms with Crippen LogP contribution in [0.15, 0.2) is 53.3 Å². The molecule has 3 aromatic rings. The number of hydrogen-bond acceptors (Lipinski definition) is 3. The van der Waals surface area contributed by atoms with E-state index in [-0.39, 0.29) is 24.0 Å². The van der Waals surface area contributed by atoms with Crippen molar-refractivity contribution in [3.8, 4) is 5.69 Å². The number of aryl methyl sites for hydroxylation is 1. The molecule has 1 aromatic heterocycles. The molecule has 1 N–H and O–H groups in total. The van der Waals surface area contributed by atoms with Crippen LogP contribution >= 0.6 is 0 Å². The lowest BCUT2D eigenvalue weighted by Crippen LogP contribution is -2.31. The van der Waals surface area contributed by atoms with Crippen LogP contribution in [0.1, 0.15) is 35.7 Å². The Morgan fingerprint density at radius 3 is 2.78 bits per heavy atom. The minimum atomic E-state index is -0.317. The maximum Gasteiger partial charge on any atom is 0.350 e. The number of halogens is 1. The maximum absolute atomic E-state index is 14.2. The number of aromatic nitrogens is 3. The van der Waals surface area contributed by atoms with Crippen molar-refractivity contribution >= 4 is 0 Å². The molecule has 4 rings (SSSR count). The van der Waals surface area contributed by atoms with E-state index in [0.29, 0.717) is 5.56 Å².